The minimum Gasteiger partial charge on any atom is -0.480 e. The van der Waals surface area contributed by atoms with Crippen molar-refractivity contribution in [3.63, 3.8) is 0 Å². The van der Waals surface area contributed by atoms with Gasteiger partial charge in [0.1, 0.15) is 11.7 Å². The fourth-order valence-electron chi connectivity index (χ4n) is 1.88. The molecule has 0 aliphatic carbocycles. The first-order valence-corrected chi connectivity index (χ1v) is 5.26. The Labute approximate surface area is 101 Å². The third kappa shape index (κ3) is 2.23. The maximum absolute atomic E-state index is 12.0. The molecule has 0 radical (unpaired) electrons. The van der Waals surface area contributed by atoms with E-state index >= 15 is 0 Å². The van der Waals surface area contributed by atoms with E-state index in [9.17, 15) is 19.5 Å². The van der Waals surface area contributed by atoms with E-state index in [1.807, 2.05) is 0 Å². The number of carboxylic acids is 1. The number of likely N-dealkylation sites (tertiary alicyclic amines) is 1. The van der Waals surface area contributed by atoms with Crippen LogP contribution >= 0.6 is 0 Å². The zero-order chi connectivity index (χ0) is 13.3. The summed E-state index contributed by atoms with van der Waals surface area (Å²) in [4.78, 5) is 34.8. The number of aliphatic carboxylic acids is 1. The third-order valence-electron chi connectivity index (χ3n) is 2.72. The summed E-state index contributed by atoms with van der Waals surface area (Å²) in [7, 11) is 0. The normalized spacial score (nSPS) is 23.1. The van der Waals surface area contributed by atoms with Gasteiger partial charge in [0.25, 0.3) is 11.5 Å². The number of aliphatic hydroxyl groups is 1. The van der Waals surface area contributed by atoms with Gasteiger partial charge in [0, 0.05) is 19.0 Å². The van der Waals surface area contributed by atoms with Crippen molar-refractivity contribution in [1.29, 1.82) is 0 Å². The first-order valence-electron chi connectivity index (χ1n) is 5.26. The number of nitrogens with zero attached hydrogens (tertiary/aromatic N) is 2. The molecule has 1 amide bonds. The second-order valence-corrected chi connectivity index (χ2v) is 4.01. The summed E-state index contributed by atoms with van der Waals surface area (Å²) in [5.41, 5.74) is -0.516. The summed E-state index contributed by atoms with van der Waals surface area (Å²) in [6, 6.07) is 1.27. The number of carbonyl (C=O) groups excluding carboxylic acids is 1. The molecular weight excluding hydrogens is 242 g/mol. The van der Waals surface area contributed by atoms with Gasteiger partial charge in [0.15, 0.2) is 0 Å². The minimum atomic E-state index is -1.18. The lowest BCUT2D eigenvalue weighted by Crippen LogP contribution is -2.41. The van der Waals surface area contributed by atoms with Crippen molar-refractivity contribution in [2.45, 2.75) is 18.6 Å². The minimum absolute atomic E-state index is 0.00950. The molecule has 1 saturated heterocycles. The van der Waals surface area contributed by atoms with E-state index in [-0.39, 0.29) is 18.7 Å². The largest absolute Gasteiger partial charge is 0.480 e. The number of aromatic amines is 1. The Morgan fingerprint density at radius 1 is 1.44 bits per heavy atom. The number of aromatic nitrogens is 2. The quantitative estimate of drug-likeness (QED) is 0.585. The van der Waals surface area contributed by atoms with Crippen molar-refractivity contribution in [2.24, 2.45) is 0 Å². The highest BCUT2D eigenvalue weighted by atomic mass is 16.4. The monoisotopic (exact) mass is 253 g/mol. The Hall–Kier alpha value is -2.22. The molecule has 0 saturated carbocycles. The van der Waals surface area contributed by atoms with E-state index in [2.05, 4.69) is 10.2 Å². The fraction of sp³-hybridized carbons (Fsp3) is 0.400. The Morgan fingerprint density at radius 2 is 2.17 bits per heavy atom. The summed E-state index contributed by atoms with van der Waals surface area (Å²) < 4.78 is 0. The summed E-state index contributed by atoms with van der Waals surface area (Å²) in [6.07, 6.45) is -0.873. The number of amides is 1. The lowest BCUT2D eigenvalue weighted by molar-refractivity contribution is -0.141. The second-order valence-electron chi connectivity index (χ2n) is 4.01. The van der Waals surface area contributed by atoms with Gasteiger partial charge in [-0.15, -0.1) is 0 Å². The summed E-state index contributed by atoms with van der Waals surface area (Å²) in [5, 5.41) is 24.0. The number of β-amino-alcohol motifs (C(OH)–C–C–N with tert-alkyl or cyclic N) is 1. The van der Waals surface area contributed by atoms with Crippen LogP contribution in [-0.4, -0.2) is 55.9 Å². The highest BCUT2D eigenvalue weighted by Gasteiger charge is 2.39. The molecule has 0 spiro atoms. The molecule has 2 heterocycles. The Morgan fingerprint density at radius 3 is 2.72 bits per heavy atom. The molecule has 0 aromatic carbocycles. The molecule has 2 rings (SSSR count). The van der Waals surface area contributed by atoms with Gasteiger partial charge in [-0.1, -0.05) is 0 Å². The highest BCUT2D eigenvalue weighted by Crippen LogP contribution is 2.19. The molecule has 1 aromatic rings. The van der Waals surface area contributed by atoms with Crippen LogP contribution in [0.1, 0.15) is 16.9 Å². The van der Waals surface area contributed by atoms with Crippen molar-refractivity contribution in [3.8, 4) is 0 Å². The highest BCUT2D eigenvalue weighted by molar-refractivity contribution is 5.95. The average molecular weight is 253 g/mol. The van der Waals surface area contributed by atoms with Crippen LogP contribution in [-0.2, 0) is 4.79 Å². The third-order valence-corrected chi connectivity index (χ3v) is 2.72. The summed E-state index contributed by atoms with van der Waals surface area (Å²) >= 11 is 0. The van der Waals surface area contributed by atoms with E-state index in [0.29, 0.717) is 0 Å². The van der Waals surface area contributed by atoms with Crippen molar-refractivity contribution in [3.05, 3.63) is 28.2 Å². The molecule has 96 valence electrons. The van der Waals surface area contributed by atoms with Gasteiger partial charge in [-0.2, -0.15) is 5.10 Å². The Balaban J connectivity index is 2.25. The molecule has 8 heteroatoms. The second kappa shape index (κ2) is 4.57. The van der Waals surface area contributed by atoms with E-state index in [0.717, 1.165) is 11.0 Å². The fourth-order valence-corrected chi connectivity index (χ4v) is 1.88. The number of hydrogen-bond acceptors (Lipinski definition) is 5. The average Bonchev–Trinajstić information content (AvgIpc) is 2.71. The standard InChI is InChI=1S/C10H11N3O5/c14-5-3-7(10(17)18)13(4-5)9(16)6-1-2-8(15)12-11-6/h1-2,5,7,14H,3-4H2,(H,12,15)(H,17,18)/t5-,7-/m1/s1. The molecular formula is C10H11N3O5. The van der Waals surface area contributed by atoms with Crippen LogP contribution in [0.5, 0.6) is 0 Å². The first kappa shape index (κ1) is 12.2. The molecule has 1 aliphatic heterocycles. The van der Waals surface area contributed by atoms with Crippen molar-refractivity contribution < 1.29 is 19.8 Å². The topological polar surface area (TPSA) is 124 Å². The predicted molar refractivity (Wildman–Crippen MR) is 57.9 cm³/mol. The van der Waals surface area contributed by atoms with E-state index in [4.69, 9.17) is 5.11 Å². The van der Waals surface area contributed by atoms with Crippen molar-refractivity contribution >= 4 is 11.9 Å². The maximum atomic E-state index is 12.0. The number of nitrogens with one attached hydrogen (secondary N) is 1. The van der Waals surface area contributed by atoms with Gasteiger partial charge >= 0.3 is 5.97 Å². The summed E-state index contributed by atoms with van der Waals surface area (Å²) in [6.45, 7) is -0.0589. The molecule has 0 bridgehead atoms. The molecule has 1 aromatic heterocycles. The van der Waals surface area contributed by atoms with Crippen LogP contribution in [0.15, 0.2) is 16.9 Å². The molecule has 1 fully saturated rings. The number of carboxylic acid groups (broad SMARTS) is 1. The zero-order valence-corrected chi connectivity index (χ0v) is 9.24. The smallest absolute Gasteiger partial charge is 0.326 e. The van der Waals surface area contributed by atoms with Crippen LogP contribution in [0.2, 0.25) is 0 Å². The number of hydrogen-bond donors (Lipinski definition) is 3. The molecule has 18 heavy (non-hydrogen) atoms. The van der Waals surface area contributed by atoms with Gasteiger partial charge in [0.2, 0.25) is 0 Å². The van der Waals surface area contributed by atoms with E-state index in [1.165, 1.54) is 6.07 Å². The van der Waals surface area contributed by atoms with Gasteiger partial charge in [-0.3, -0.25) is 9.59 Å². The SMILES string of the molecule is O=C(O)[C@H]1C[C@@H](O)CN1C(=O)c1ccc(=O)[nH]n1. The first-order chi connectivity index (χ1) is 8.49. The molecule has 2 atom stereocenters. The van der Waals surface area contributed by atoms with Gasteiger partial charge in [0.05, 0.1) is 6.10 Å². The van der Waals surface area contributed by atoms with E-state index in [1.54, 1.807) is 0 Å². The molecule has 0 unspecified atom stereocenters. The molecule has 1 aliphatic rings. The molecule has 8 nitrogen and oxygen atoms in total. The van der Waals surface area contributed by atoms with Crippen LogP contribution in [0, 0.1) is 0 Å². The zero-order valence-electron chi connectivity index (χ0n) is 9.24. The Bertz CT molecular complexity index is 520. The van der Waals surface area contributed by atoms with Crippen LogP contribution < -0.4 is 5.56 Å². The van der Waals surface area contributed by atoms with Crippen LogP contribution in [0.3, 0.4) is 0 Å². The molecule has 3 N–H and O–H groups in total. The van der Waals surface area contributed by atoms with E-state index < -0.39 is 29.6 Å². The van der Waals surface area contributed by atoms with Gasteiger partial charge < -0.3 is 15.1 Å². The number of aliphatic hydroxyl groups excluding tert-OH is 1. The number of carbonyl (C=O) groups is 2. The van der Waals surface area contributed by atoms with Gasteiger partial charge in [-0.25, -0.2) is 9.89 Å². The predicted octanol–water partition coefficient (Wildman–Crippen LogP) is -1.57. The van der Waals surface area contributed by atoms with Crippen molar-refractivity contribution in [1.82, 2.24) is 15.1 Å². The van der Waals surface area contributed by atoms with Crippen LogP contribution in [0.4, 0.5) is 0 Å². The van der Waals surface area contributed by atoms with Crippen molar-refractivity contribution in [2.75, 3.05) is 6.54 Å². The Kier molecular flexibility index (Phi) is 3.11. The number of rotatable bonds is 2. The lowest BCUT2D eigenvalue weighted by Gasteiger charge is -2.20. The number of H-pyrrole nitrogens is 1. The maximum Gasteiger partial charge on any atom is 0.326 e. The van der Waals surface area contributed by atoms with Gasteiger partial charge in [-0.05, 0) is 6.07 Å². The van der Waals surface area contributed by atoms with Crippen LogP contribution in [0.25, 0.3) is 0 Å². The summed E-state index contributed by atoms with van der Waals surface area (Å²) in [5.74, 6) is -1.81. The lowest BCUT2D eigenvalue weighted by atomic mass is 10.2.